The van der Waals surface area contributed by atoms with Crippen LogP contribution in [0.4, 0.5) is 5.69 Å². The zero-order valence-electron chi connectivity index (χ0n) is 13.1. The van der Waals surface area contributed by atoms with E-state index < -0.39 is 5.54 Å². The van der Waals surface area contributed by atoms with E-state index in [-0.39, 0.29) is 11.9 Å². The van der Waals surface area contributed by atoms with Crippen LogP contribution in [0.15, 0.2) is 42.5 Å². The number of rotatable bonds is 0. The molecular formula is C19H16ClN3O. The molecule has 0 unspecified atom stereocenters. The number of carbonyl (C=O) groups excluding carboxylic acids is 1. The Hall–Kier alpha value is -2.30. The van der Waals surface area contributed by atoms with E-state index in [2.05, 4.69) is 34.7 Å². The molecule has 3 heterocycles. The topological polar surface area (TPSA) is 56.9 Å². The highest BCUT2D eigenvalue weighted by Crippen LogP contribution is 2.46. The maximum atomic E-state index is 13.1. The van der Waals surface area contributed by atoms with Gasteiger partial charge in [0.2, 0.25) is 0 Å². The van der Waals surface area contributed by atoms with Crippen LogP contribution < -0.4 is 10.6 Å². The van der Waals surface area contributed by atoms with Crippen molar-refractivity contribution in [3.63, 3.8) is 0 Å². The Balaban J connectivity index is 1.88. The summed E-state index contributed by atoms with van der Waals surface area (Å²) in [5.41, 5.74) is 3.99. The molecule has 0 saturated heterocycles. The Kier molecular flexibility index (Phi) is 2.71. The minimum Gasteiger partial charge on any atom is -0.356 e. The molecule has 1 amide bonds. The number of benzene rings is 2. The second kappa shape index (κ2) is 4.62. The SMILES string of the molecule is C[C@@H]1Cc2c([nH]c3ccccc23)[C@]2(N1)C(=O)Nc1ccc(Cl)cc12. The van der Waals surface area contributed by atoms with E-state index in [1.807, 2.05) is 24.3 Å². The lowest BCUT2D eigenvalue weighted by molar-refractivity contribution is -0.121. The first-order valence-corrected chi connectivity index (χ1v) is 8.46. The molecule has 120 valence electrons. The summed E-state index contributed by atoms with van der Waals surface area (Å²) in [4.78, 5) is 16.6. The van der Waals surface area contributed by atoms with Crippen molar-refractivity contribution in [1.82, 2.24) is 10.3 Å². The maximum Gasteiger partial charge on any atom is 0.255 e. The van der Waals surface area contributed by atoms with Gasteiger partial charge >= 0.3 is 0 Å². The normalized spacial score (nSPS) is 24.9. The molecule has 24 heavy (non-hydrogen) atoms. The molecular weight excluding hydrogens is 322 g/mol. The molecule has 0 fully saturated rings. The summed E-state index contributed by atoms with van der Waals surface area (Å²) in [6.45, 7) is 2.11. The van der Waals surface area contributed by atoms with Gasteiger partial charge in [-0.25, -0.2) is 0 Å². The fourth-order valence-corrected chi connectivity index (χ4v) is 4.37. The first-order chi connectivity index (χ1) is 11.6. The molecule has 1 aromatic heterocycles. The van der Waals surface area contributed by atoms with Crippen LogP contribution in [0.3, 0.4) is 0 Å². The molecule has 2 aromatic carbocycles. The first-order valence-electron chi connectivity index (χ1n) is 8.09. The van der Waals surface area contributed by atoms with Gasteiger partial charge in [-0.1, -0.05) is 29.8 Å². The van der Waals surface area contributed by atoms with Crippen molar-refractivity contribution in [3.05, 3.63) is 64.3 Å². The Bertz CT molecular complexity index is 1010. The highest BCUT2D eigenvalue weighted by molar-refractivity contribution is 6.31. The lowest BCUT2D eigenvalue weighted by Gasteiger charge is -2.37. The zero-order chi connectivity index (χ0) is 16.5. The Labute approximate surface area is 144 Å². The number of aromatic amines is 1. The molecule has 3 N–H and O–H groups in total. The molecule has 5 rings (SSSR count). The average Bonchev–Trinajstić information content (AvgIpc) is 3.06. The van der Waals surface area contributed by atoms with Gasteiger partial charge in [0.1, 0.15) is 0 Å². The van der Waals surface area contributed by atoms with Crippen LogP contribution in [0, 0.1) is 0 Å². The van der Waals surface area contributed by atoms with Crippen LogP contribution >= 0.6 is 11.6 Å². The molecule has 4 nitrogen and oxygen atoms in total. The lowest BCUT2D eigenvalue weighted by atomic mass is 9.80. The number of anilines is 1. The number of H-pyrrole nitrogens is 1. The van der Waals surface area contributed by atoms with Crippen molar-refractivity contribution < 1.29 is 4.79 Å². The van der Waals surface area contributed by atoms with Gasteiger partial charge in [0, 0.05) is 33.2 Å². The molecule has 0 bridgehead atoms. The Morgan fingerprint density at radius 2 is 2.04 bits per heavy atom. The number of nitrogens with one attached hydrogen (secondary N) is 3. The molecule has 1 spiro atoms. The molecule has 0 radical (unpaired) electrons. The van der Waals surface area contributed by atoms with Gasteiger partial charge < -0.3 is 10.3 Å². The van der Waals surface area contributed by atoms with Crippen molar-refractivity contribution in [2.75, 3.05) is 5.32 Å². The highest BCUT2D eigenvalue weighted by atomic mass is 35.5. The third-order valence-corrected chi connectivity index (χ3v) is 5.37. The summed E-state index contributed by atoms with van der Waals surface area (Å²) in [7, 11) is 0. The molecule has 5 heteroatoms. The monoisotopic (exact) mass is 337 g/mol. The van der Waals surface area contributed by atoms with E-state index in [1.54, 1.807) is 6.07 Å². The summed E-state index contributed by atoms with van der Waals surface area (Å²) in [5, 5.41) is 8.36. The van der Waals surface area contributed by atoms with Crippen LogP contribution in [0.25, 0.3) is 10.9 Å². The van der Waals surface area contributed by atoms with Crippen molar-refractivity contribution in [3.8, 4) is 0 Å². The molecule has 2 atom stereocenters. The number of para-hydroxylation sites is 1. The van der Waals surface area contributed by atoms with Gasteiger partial charge in [-0.05, 0) is 43.2 Å². The fraction of sp³-hybridized carbons (Fsp3) is 0.211. The van der Waals surface area contributed by atoms with Crippen molar-refractivity contribution >= 4 is 34.1 Å². The summed E-state index contributed by atoms with van der Waals surface area (Å²) in [5.74, 6) is -0.0564. The molecule has 0 saturated carbocycles. The lowest BCUT2D eigenvalue weighted by Crippen LogP contribution is -2.56. The minimum absolute atomic E-state index is 0.0564. The largest absolute Gasteiger partial charge is 0.356 e. The van der Waals surface area contributed by atoms with Crippen LogP contribution in [-0.4, -0.2) is 16.9 Å². The van der Waals surface area contributed by atoms with Gasteiger partial charge in [0.25, 0.3) is 5.91 Å². The standard InChI is InChI=1S/C19H16ClN3O/c1-10-8-13-12-4-2-3-5-15(12)21-17(13)19(23-10)14-9-11(20)6-7-16(14)22-18(19)24/h2-7,9-10,21,23H,8H2,1H3,(H,22,24)/t10-,19+/m1/s1. The number of aromatic nitrogens is 1. The average molecular weight is 338 g/mol. The summed E-state index contributed by atoms with van der Waals surface area (Å²) < 4.78 is 0. The van der Waals surface area contributed by atoms with E-state index in [9.17, 15) is 4.79 Å². The molecule has 2 aliphatic heterocycles. The quantitative estimate of drug-likeness (QED) is 0.587. The van der Waals surface area contributed by atoms with E-state index in [0.29, 0.717) is 5.02 Å². The molecule has 0 aliphatic carbocycles. The third-order valence-electron chi connectivity index (χ3n) is 5.14. The minimum atomic E-state index is -0.910. The van der Waals surface area contributed by atoms with Crippen molar-refractivity contribution in [2.45, 2.75) is 24.9 Å². The second-order valence-electron chi connectivity index (χ2n) is 6.67. The number of hydrogen-bond acceptors (Lipinski definition) is 2. The first kappa shape index (κ1) is 14.1. The summed E-state index contributed by atoms with van der Waals surface area (Å²) >= 11 is 6.24. The predicted molar refractivity (Wildman–Crippen MR) is 95.5 cm³/mol. The van der Waals surface area contributed by atoms with E-state index in [0.717, 1.165) is 28.9 Å². The van der Waals surface area contributed by atoms with Gasteiger partial charge in [0.15, 0.2) is 5.54 Å². The Morgan fingerprint density at radius 1 is 1.21 bits per heavy atom. The summed E-state index contributed by atoms with van der Waals surface area (Å²) in [6.07, 6.45) is 0.879. The van der Waals surface area contributed by atoms with E-state index in [1.165, 1.54) is 10.9 Å². The van der Waals surface area contributed by atoms with Gasteiger partial charge in [0.05, 0.1) is 5.69 Å². The zero-order valence-corrected chi connectivity index (χ0v) is 13.9. The van der Waals surface area contributed by atoms with Crippen LogP contribution in [0.5, 0.6) is 0 Å². The number of carbonyl (C=O) groups is 1. The fourth-order valence-electron chi connectivity index (χ4n) is 4.20. The maximum absolute atomic E-state index is 13.1. The molecule has 3 aromatic rings. The highest BCUT2D eigenvalue weighted by Gasteiger charge is 2.53. The van der Waals surface area contributed by atoms with E-state index in [4.69, 9.17) is 11.6 Å². The smallest absolute Gasteiger partial charge is 0.255 e. The number of halogens is 1. The van der Waals surface area contributed by atoms with Crippen molar-refractivity contribution in [1.29, 1.82) is 0 Å². The van der Waals surface area contributed by atoms with Gasteiger partial charge in [-0.2, -0.15) is 0 Å². The second-order valence-corrected chi connectivity index (χ2v) is 7.10. The van der Waals surface area contributed by atoms with E-state index >= 15 is 0 Å². The van der Waals surface area contributed by atoms with Crippen molar-refractivity contribution in [2.24, 2.45) is 0 Å². The predicted octanol–water partition coefficient (Wildman–Crippen LogP) is 3.55. The van der Waals surface area contributed by atoms with Gasteiger partial charge in [-0.3, -0.25) is 10.1 Å². The Morgan fingerprint density at radius 3 is 2.92 bits per heavy atom. The van der Waals surface area contributed by atoms with Crippen LogP contribution in [-0.2, 0) is 16.8 Å². The number of amides is 1. The van der Waals surface area contributed by atoms with Gasteiger partial charge in [-0.15, -0.1) is 0 Å². The summed E-state index contributed by atoms with van der Waals surface area (Å²) in [6, 6.07) is 13.9. The van der Waals surface area contributed by atoms with Crippen LogP contribution in [0.1, 0.15) is 23.7 Å². The number of hydrogen-bond donors (Lipinski definition) is 3. The third kappa shape index (κ3) is 1.65. The molecule has 2 aliphatic rings. The van der Waals surface area contributed by atoms with Crippen LogP contribution in [0.2, 0.25) is 5.02 Å². The number of fused-ring (bicyclic) bond motifs is 6.